The molecule has 7 nitrogen and oxygen atoms in total. The molecule has 0 bridgehead atoms. The molecular formula is C7H3F3N4O3. The number of ether oxygens (including phenoxy) is 1. The van der Waals surface area contributed by atoms with E-state index in [0.29, 0.717) is 0 Å². The predicted octanol–water partition coefficient (Wildman–Crippen LogP) is 1.34. The van der Waals surface area contributed by atoms with Gasteiger partial charge in [0.15, 0.2) is 0 Å². The van der Waals surface area contributed by atoms with Crippen LogP contribution >= 0.6 is 0 Å². The van der Waals surface area contributed by atoms with Gasteiger partial charge < -0.3 is 10.5 Å². The number of halogens is 3. The second-order valence-corrected chi connectivity index (χ2v) is 2.67. The van der Waals surface area contributed by atoms with Crippen molar-refractivity contribution >= 4 is 11.5 Å². The number of aromatic nitrogens is 1. The molecular weight excluding hydrogens is 245 g/mol. The molecule has 0 saturated heterocycles. The molecule has 17 heavy (non-hydrogen) atoms. The molecule has 0 spiro atoms. The molecule has 0 unspecified atom stereocenters. The first-order chi connectivity index (χ1) is 7.74. The fourth-order valence-corrected chi connectivity index (χ4v) is 0.976. The first kappa shape index (κ1) is 12.5. The van der Waals surface area contributed by atoms with Crippen LogP contribution in [0.3, 0.4) is 0 Å². The van der Waals surface area contributed by atoms with Gasteiger partial charge in [-0.25, -0.2) is 0 Å². The van der Waals surface area contributed by atoms with E-state index in [-0.39, 0.29) is 0 Å². The Morgan fingerprint density at radius 3 is 2.59 bits per heavy atom. The van der Waals surface area contributed by atoms with Crippen molar-refractivity contribution in [1.29, 1.82) is 5.26 Å². The fraction of sp³-hybridized carbons (Fsp3) is 0.143. The number of hydrogen-bond acceptors (Lipinski definition) is 6. The number of nitro groups is 1. The van der Waals surface area contributed by atoms with Crippen LogP contribution in [0.4, 0.5) is 24.7 Å². The molecule has 0 aliphatic rings. The van der Waals surface area contributed by atoms with Crippen LogP contribution in [0.25, 0.3) is 0 Å². The highest BCUT2D eigenvalue weighted by molar-refractivity contribution is 5.59. The Kier molecular flexibility index (Phi) is 3.03. The largest absolute Gasteiger partial charge is 0.574 e. The number of anilines is 1. The van der Waals surface area contributed by atoms with Gasteiger partial charge in [0.25, 0.3) is 0 Å². The van der Waals surface area contributed by atoms with Crippen molar-refractivity contribution in [3.05, 3.63) is 21.7 Å². The van der Waals surface area contributed by atoms with E-state index < -0.39 is 34.2 Å². The number of nitrogens with two attached hydrogens (primary N) is 1. The number of nitrogens with zero attached hydrogens (tertiary/aromatic N) is 3. The van der Waals surface area contributed by atoms with Crippen molar-refractivity contribution in [2.24, 2.45) is 0 Å². The molecule has 0 saturated carbocycles. The highest BCUT2D eigenvalue weighted by atomic mass is 19.4. The monoisotopic (exact) mass is 248 g/mol. The summed E-state index contributed by atoms with van der Waals surface area (Å²) >= 11 is 0. The minimum atomic E-state index is -5.17. The van der Waals surface area contributed by atoms with Gasteiger partial charge in [0, 0.05) is 6.07 Å². The van der Waals surface area contributed by atoms with E-state index in [1.807, 2.05) is 0 Å². The standard InChI is InChI=1S/C7H3F3N4O3/c8-7(9,10)17-6-5(14(15)16)3(2-11)1-4(12)13-6/h1H,(H2,12,13). The fourth-order valence-electron chi connectivity index (χ4n) is 0.976. The molecule has 0 radical (unpaired) electrons. The molecule has 0 aromatic carbocycles. The Morgan fingerprint density at radius 1 is 1.59 bits per heavy atom. The van der Waals surface area contributed by atoms with E-state index in [1.165, 1.54) is 6.07 Å². The lowest BCUT2D eigenvalue weighted by atomic mass is 10.2. The van der Waals surface area contributed by atoms with Crippen molar-refractivity contribution < 1.29 is 22.8 Å². The van der Waals surface area contributed by atoms with Crippen molar-refractivity contribution in [3.8, 4) is 11.9 Å². The lowest BCUT2D eigenvalue weighted by molar-refractivity contribution is -0.389. The predicted molar refractivity (Wildman–Crippen MR) is 46.7 cm³/mol. The number of pyridine rings is 1. The van der Waals surface area contributed by atoms with E-state index in [2.05, 4.69) is 9.72 Å². The Morgan fingerprint density at radius 2 is 2.18 bits per heavy atom. The molecule has 0 atom stereocenters. The molecule has 10 heteroatoms. The van der Waals surface area contributed by atoms with Crippen LogP contribution in [0.5, 0.6) is 5.88 Å². The zero-order chi connectivity index (χ0) is 13.2. The number of nitriles is 1. The van der Waals surface area contributed by atoms with Gasteiger partial charge in [-0.3, -0.25) is 10.1 Å². The van der Waals surface area contributed by atoms with Crippen LogP contribution in [0.1, 0.15) is 5.56 Å². The zero-order valence-electron chi connectivity index (χ0n) is 7.85. The third-order valence-electron chi connectivity index (χ3n) is 1.50. The maximum atomic E-state index is 11.9. The summed E-state index contributed by atoms with van der Waals surface area (Å²) in [6.45, 7) is 0. The summed E-state index contributed by atoms with van der Waals surface area (Å²) in [5.74, 6) is -1.86. The maximum Gasteiger partial charge on any atom is 0.574 e. The van der Waals surface area contributed by atoms with Gasteiger partial charge in [0.1, 0.15) is 17.5 Å². The summed E-state index contributed by atoms with van der Waals surface area (Å²) in [5.41, 5.74) is 3.24. The molecule has 90 valence electrons. The van der Waals surface area contributed by atoms with Crippen LogP contribution in [-0.4, -0.2) is 16.3 Å². The first-order valence-electron chi connectivity index (χ1n) is 3.85. The molecule has 1 aromatic heterocycles. The maximum absolute atomic E-state index is 11.9. The van der Waals surface area contributed by atoms with Gasteiger partial charge in [-0.2, -0.15) is 10.2 Å². The molecule has 0 amide bonds. The topological polar surface area (TPSA) is 115 Å². The van der Waals surface area contributed by atoms with E-state index >= 15 is 0 Å². The highest BCUT2D eigenvalue weighted by Gasteiger charge is 2.37. The number of nitrogen functional groups attached to an aromatic ring is 1. The first-order valence-corrected chi connectivity index (χ1v) is 3.85. The van der Waals surface area contributed by atoms with Gasteiger partial charge in [-0.1, -0.05) is 0 Å². The molecule has 1 rings (SSSR count). The van der Waals surface area contributed by atoms with Crippen molar-refractivity contribution in [1.82, 2.24) is 4.98 Å². The lowest BCUT2D eigenvalue weighted by Crippen LogP contribution is -2.19. The average Bonchev–Trinajstić information content (AvgIpc) is 2.12. The minimum absolute atomic E-state index is 0.494. The molecule has 2 N–H and O–H groups in total. The van der Waals surface area contributed by atoms with Crippen LogP contribution in [0.2, 0.25) is 0 Å². The molecule has 0 aliphatic heterocycles. The van der Waals surface area contributed by atoms with Crippen LogP contribution in [0, 0.1) is 21.4 Å². The van der Waals surface area contributed by atoms with E-state index in [4.69, 9.17) is 11.0 Å². The summed E-state index contributed by atoms with van der Waals surface area (Å²) < 4.78 is 39.2. The van der Waals surface area contributed by atoms with Crippen molar-refractivity contribution in [3.63, 3.8) is 0 Å². The number of hydrogen-bond donors (Lipinski definition) is 1. The van der Waals surface area contributed by atoms with Gasteiger partial charge in [-0.05, 0) is 0 Å². The zero-order valence-corrected chi connectivity index (χ0v) is 7.85. The summed E-state index contributed by atoms with van der Waals surface area (Å²) in [5, 5.41) is 19.1. The number of alkyl halides is 3. The minimum Gasteiger partial charge on any atom is -0.384 e. The Labute approximate surface area is 91.4 Å². The average molecular weight is 248 g/mol. The van der Waals surface area contributed by atoms with Crippen molar-refractivity contribution in [2.45, 2.75) is 6.36 Å². The summed E-state index contributed by atoms with van der Waals surface area (Å²) in [7, 11) is 0. The van der Waals surface area contributed by atoms with Gasteiger partial charge >= 0.3 is 17.9 Å². The summed E-state index contributed by atoms with van der Waals surface area (Å²) in [4.78, 5) is 12.4. The number of rotatable bonds is 2. The van der Waals surface area contributed by atoms with E-state index in [1.54, 1.807) is 0 Å². The van der Waals surface area contributed by atoms with Crippen LogP contribution in [0.15, 0.2) is 6.07 Å². The Hall–Kier alpha value is -2.57. The molecule has 0 aliphatic carbocycles. The van der Waals surface area contributed by atoms with Gasteiger partial charge in [-0.15, -0.1) is 13.2 Å². The van der Waals surface area contributed by atoms with E-state index in [0.717, 1.165) is 6.07 Å². The van der Waals surface area contributed by atoms with E-state index in [9.17, 15) is 23.3 Å². The highest BCUT2D eigenvalue weighted by Crippen LogP contribution is 2.33. The summed E-state index contributed by atoms with van der Waals surface area (Å²) in [6, 6.07) is 2.11. The third kappa shape index (κ3) is 2.94. The third-order valence-corrected chi connectivity index (χ3v) is 1.50. The Balaban J connectivity index is 3.42. The normalized spacial score (nSPS) is 10.7. The molecule has 1 heterocycles. The molecule has 1 aromatic rings. The quantitative estimate of drug-likeness (QED) is 0.623. The Bertz CT molecular complexity index is 508. The smallest absolute Gasteiger partial charge is 0.384 e. The second-order valence-electron chi connectivity index (χ2n) is 2.67. The van der Waals surface area contributed by atoms with Crippen LogP contribution < -0.4 is 10.5 Å². The molecule has 0 fully saturated rings. The summed E-state index contributed by atoms with van der Waals surface area (Å²) in [6.07, 6.45) is -5.17. The SMILES string of the molecule is N#Cc1cc(N)nc(OC(F)(F)F)c1[N+](=O)[O-]. The second kappa shape index (κ2) is 4.12. The van der Waals surface area contributed by atoms with Gasteiger partial charge in [0.2, 0.25) is 0 Å². The lowest BCUT2D eigenvalue weighted by Gasteiger charge is -2.08. The van der Waals surface area contributed by atoms with Crippen molar-refractivity contribution in [2.75, 3.05) is 5.73 Å². The van der Waals surface area contributed by atoms with Crippen LogP contribution in [-0.2, 0) is 0 Å². The van der Waals surface area contributed by atoms with Gasteiger partial charge in [0.05, 0.1) is 4.92 Å².